The largest absolute Gasteiger partial charge is 0.488 e. The van der Waals surface area contributed by atoms with Gasteiger partial charge in [0.2, 0.25) is 0 Å². The van der Waals surface area contributed by atoms with Crippen molar-refractivity contribution in [3.8, 4) is 5.75 Å². The number of nitrogens with one attached hydrogen (secondary N) is 1. The van der Waals surface area contributed by atoms with Gasteiger partial charge in [0.1, 0.15) is 10.9 Å². The molecule has 7 heteroatoms. The van der Waals surface area contributed by atoms with Crippen molar-refractivity contribution in [1.29, 1.82) is 0 Å². The molecule has 24 heavy (non-hydrogen) atoms. The minimum atomic E-state index is -0.560. The summed E-state index contributed by atoms with van der Waals surface area (Å²) >= 11 is 6.09. The van der Waals surface area contributed by atoms with E-state index in [2.05, 4.69) is 20.0 Å². The number of hydrogen-bond acceptors (Lipinski definition) is 6. The summed E-state index contributed by atoms with van der Waals surface area (Å²) in [6.45, 7) is 3.99. The summed E-state index contributed by atoms with van der Waals surface area (Å²) < 4.78 is 10.6. The van der Waals surface area contributed by atoms with Crippen molar-refractivity contribution < 1.29 is 14.3 Å². The summed E-state index contributed by atoms with van der Waals surface area (Å²) in [5, 5.41) is 5.28. The van der Waals surface area contributed by atoms with Gasteiger partial charge in [0.05, 0.1) is 37.2 Å². The lowest BCUT2D eigenvalue weighted by molar-refractivity contribution is -0.139. The van der Waals surface area contributed by atoms with Gasteiger partial charge in [-0.1, -0.05) is 11.6 Å². The Hall–Kier alpha value is -1.92. The van der Waals surface area contributed by atoms with Gasteiger partial charge < -0.3 is 9.47 Å². The maximum atomic E-state index is 11.4. The number of carbonyl (C=O) groups is 1. The van der Waals surface area contributed by atoms with Crippen LogP contribution in [-0.4, -0.2) is 35.7 Å². The Kier molecular flexibility index (Phi) is 4.60. The van der Waals surface area contributed by atoms with E-state index < -0.39 is 5.54 Å². The Morgan fingerprint density at radius 2 is 2.08 bits per heavy atom. The summed E-state index contributed by atoms with van der Waals surface area (Å²) in [6.07, 6.45) is 5.82. The molecule has 6 nitrogen and oxygen atoms in total. The van der Waals surface area contributed by atoms with E-state index in [9.17, 15) is 4.79 Å². The molecule has 0 atom stereocenters. The second kappa shape index (κ2) is 6.53. The maximum Gasteiger partial charge on any atom is 0.319 e. The zero-order valence-corrected chi connectivity index (χ0v) is 14.7. The molecule has 2 heterocycles. The van der Waals surface area contributed by atoms with Crippen LogP contribution in [0.4, 0.5) is 0 Å². The van der Waals surface area contributed by atoms with Crippen molar-refractivity contribution in [2.75, 3.05) is 13.7 Å². The highest BCUT2D eigenvalue weighted by Gasteiger charge is 2.28. The average molecular weight is 350 g/mol. The van der Waals surface area contributed by atoms with Crippen molar-refractivity contribution in [3.05, 3.63) is 29.3 Å². The highest BCUT2D eigenvalue weighted by Crippen LogP contribution is 2.36. The highest BCUT2D eigenvalue weighted by molar-refractivity contribution is 6.30. The van der Waals surface area contributed by atoms with Crippen molar-refractivity contribution >= 4 is 28.3 Å². The van der Waals surface area contributed by atoms with Gasteiger partial charge >= 0.3 is 5.97 Å². The Bertz CT molecular complexity index is 775. The molecule has 0 unspecified atom stereocenters. The van der Waals surface area contributed by atoms with E-state index in [0.29, 0.717) is 10.9 Å². The average Bonchev–Trinajstić information content (AvgIpc) is 3.36. The van der Waals surface area contributed by atoms with Crippen molar-refractivity contribution in [1.82, 2.24) is 15.3 Å². The number of pyridine rings is 2. The van der Waals surface area contributed by atoms with Gasteiger partial charge in [-0.2, -0.15) is 0 Å². The van der Waals surface area contributed by atoms with E-state index in [4.69, 9.17) is 16.3 Å². The Labute approximate surface area is 145 Å². The van der Waals surface area contributed by atoms with Gasteiger partial charge in [0.25, 0.3) is 0 Å². The molecule has 0 saturated heterocycles. The van der Waals surface area contributed by atoms with Crippen LogP contribution in [0.5, 0.6) is 5.75 Å². The van der Waals surface area contributed by atoms with Crippen molar-refractivity contribution in [3.63, 3.8) is 0 Å². The standard InChI is InChI=1S/C17H20ClN3O3/c1-17(2,21-9-15(22)23-3)16-11-6-14(18)19-7-12(11)13(8-20-16)24-10-4-5-10/h6-8,10,21H,4-5,9H2,1-3H3. The first-order valence-electron chi connectivity index (χ1n) is 7.84. The molecule has 2 aromatic heterocycles. The van der Waals surface area contributed by atoms with Crippen LogP contribution in [-0.2, 0) is 15.1 Å². The summed E-state index contributed by atoms with van der Waals surface area (Å²) in [7, 11) is 1.36. The Morgan fingerprint density at radius 1 is 1.33 bits per heavy atom. The lowest BCUT2D eigenvalue weighted by Crippen LogP contribution is -2.41. The van der Waals surface area contributed by atoms with Crippen LogP contribution in [0.25, 0.3) is 10.8 Å². The van der Waals surface area contributed by atoms with Gasteiger partial charge in [-0.15, -0.1) is 0 Å². The third-order valence-corrected chi connectivity index (χ3v) is 4.22. The minimum absolute atomic E-state index is 0.0891. The van der Waals surface area contributed by atoms with Crippen LogP contribution in [0.1, 0.15) is 32.4 Å². The van der Waals surface area contributed by atoms with Crippen LogP contribution in [0.3, 0.4) is 0 Å². The topological polar surface area (TPSA) is 73.3 Å². The van der Waals surface area contributed by atoms with Gasteiger partial charge in [-0.3, -0.25) is 15.1 Å². The maximum absolute atomic E-state index is 11.4. The molecule has 0 aliphatic heterocycles. The summed E-state index contributed by atoms with van der Waals surface area (Å²) in [5.74, 6) is 0.380. The summed E-state index contributed by atoms with van der Waals surface area (Å²) in [6, 6.07) is 1.78. The number of carbonyl (C=O) groups excluding carboxylic acids is 1. The molecule has 128 valence electrons. The fraction of sp³-hybridized carbons (Fsp3) is 0.471. The van der Waals surface area contributed by atoms with Gasteiger partial charge in [-0.05, 0) is 32.8 Å². The van der Waals surface area contributed by atoms with Crippen LogP contribution in [0.15, 0.2) is 18.5 Å². The predicted octanol–water partition coefficient (Wildman–Crippen LogP) is 2.82. The monoisotopic (exact) mass is 349 g/mol. The molecule has 2 aromatic rings. The quantitative estimate of drug-likeness (QED) is 0.638. The molecule has 1 aliphatic carbocycles. The van der Waals surface area contributed by atoms with E-state index in [1.54, 1.807) is 18.5 Å². The number of nitrogens with zero attached hydrogens (tertiary/aromatic N) is 2. The number of aromatic nitrogens is 2. The van der Waals surface area contributed by atoms with E-state index in [-0.39, 0.29) is 18.6 Å². The number of rotatable bonds is 6. The van der Waals surface area contributed by atoms with Gasteiger partial charge in [-0.25, -0.2) is 4.98 Å². The SMILES string of the molecule is COC(=O)CNC(C)(C)c1ncc(OC2CC2)c2cnc(Cl)cc12. The molecule has 1 N–H and O–H groups in total. The number of halogens is 1. The molecule has 0 aromatic carbocycles. The smallest absolute Gasteiger partial charge is 0.319 e. The second-order valence-electron chi connectivity index (χ2n) is 6.40. The van der Waals surface area contributed by atoms with E-state index in [0.717, 1.165) is 29.3 Å². The van der Waals surface area contributed by atoms with Gasteiger partial charge in [0, 0.05) is 17.0 Å². The fourth-order valence-electron chi connectivity index (χ4n) is 2.49. The second-order valence-corrected chi connectivity index (χ2v) is 6.78. The van der Waals surface area contributed by atoms with Crippen molar-refractivity contribution in [2.45, 2.75) is 38.3 Å². The summed E-state index contributed by atoms with van der Waals surface area (Å²) in [5.41, 5.74) is 0.212. The van der Waals surface area contributed by atoms with Crippen LogP contribution in [0.2, 0.25) is 5.15 Å². The lowest BCUT2D eigenvalue weighted by atomic mass is 9.95. The molecule has 0 spiro atoms. The van der Waals surface area contributed by atoms with E-state index in [1.165, 1.54) is 7.11 Å². The highest BCUT2D eigenvalue weighted by atomic mass is 35.5. The minimum Gasteiger partial charge on any atom is -0.488 e. The molecule has 0 amide bonds. The van der Waals surface area contributed by atoms with Crippen LogP contribution in [0, 0.1) is 0 Å². The first kappa shape index (κ1) is 16.9. The number of esters is 1. The molecule has 1 fully saturated rings. The molecule has 3 rings (SSSR count). The molecule has 1 saturated carbocycles. The zero-order chi connectivity index (χ0) is 17.3. The van der Waals surface area contributed by atoms with Gasteiger partial charge in [0.15, 0.2) is 0 Å². The van der Waals surface area contributed by atoms with E-state index >= 15 is 0 Å². The van der Waals surface area contributed by atoms with Crippen LogP contribution >= 0.6 is 11.6 Å². The van der Waals surface area contributed by atoms with Crippen LogP contribution < -0.4 is 10.1 Å². The molecule has 0 radical (unpaired) electrons. The van der Waals surface area contributed by atoms with E-state index in [1.807, 2.05) is 13.8 Å². The summed E-state index contributed by atoms with van der Waals surface area (Å²) in [4.78, 5) is 20.2. The first-order chi connectivity index (χ1) is 11.4. The lowest BCUT2D eigenvalue weighted by Gasteiger charge is -2.27. The Morgan fingerprint density at radius 3 is 2.75 bits per heavy atom. The molecular formula is C17H20ClN3O3. The molecule has 1 aliphatic rings. The zero-order valence-electron chi connectivity index (χ0n) is 13.9. The number of methoxy groups -OCH3 is 1. The normalized spacial score (nSPS) is 14.7. The predicted molar refractivity (Wildman–Crippen MR) is 91.2 cm³/mol. The number of hydrogen-bond donors (Lipinski definition) is 1. The number of ether oxygens (including phenoxy) is 2. The first-order valence-corrected chi connectivity index (χ1v) is 8.22. The molecular weight excluding hydrogens is 330 g/mol. The number of fused-ring (bicyclic) bond motifs is 1. The fourth-order valence-corrected chi connectivity index (χ4v) is 2.65. The Balaban J connectivity index is 2.00. The molecule has 0 bridgehead atoms. The third-order valence-electron chi connectivity index (χ3n) is 4.01. The van der Waals surface area contributed by atoms with Crippen molar-refractivity contribution in [2.24, 2.45) is 0 Å². The third kappa shape index (κ3) is 3.60.